The topological polar surface area (TPSA) is 38.7 Å². The zero-order valence-corrected chi connectivity index (χ0v) is 11.2. The number of methoxy groups -OCH3 is 2. The lowest BCUT2D eigenvalue weighted by atomic mass is 9.79. The van der Waals surface area contributed by atoms with E-state index >= 15 is 0 Å². The molecule has 2 atom stereocenters. The molecule has 0 heterocycles. The average molecular weight is 250 g/mol. The summed E-state index contributed by atoms with van der Waals surface area (Å²) in [7, 11) is 3.39. The van der Waals surface area contributed by atoms with Crippen molar-refractivity contribution in [2.75, 3.05) is 14.2 Å². The number of ether oxygens (including phenoxy) is 2. The summed E-state index contributed by atoms with van der Waals surface area (Å²) in [6, 6.07) is 7.92. The van der Waals surface area contributed by atoms with Crippen LogP contribution >= 0.6 is 0 Å². The SMILES string of the molecule is COc1cccc(CC2(O)CCCC(OC)C2)c1. The fourth-order valence-corrected chi connectivity index (χ4v) is 2.81. The first-order valence-corrected chi connectivity index (χ1v) is 6.53. The molecule has 0 radical (unpaired) electrons. The Balaban J connectivity index is 2.06. The third kappa shape index (κ3) is 3.24. The highest BCUT2D eigenvalue weighted by Crippen LogP contribution is 2.33. The van der Waals surface area contributed by atoms with Gasteiger partial charge in [0.25, 0.3) is 0 Å². The minimum Gasteiger partial charge on any atom is -0.497 e. The zero-order chi connectivity index (χ0) is 13.0. The predicted molar refractivity (Wildman–Crippen MR) is 70.9 cm³/mol. The van der Waals surface area contributed by atoms with Gasteiger partial charge in [-0.1, -0.05) is 12.1 Å². The van der Waals surface area contributed by atoms with Crippen molar-refractivity contribution in [1.82, 2.24) is 0 Å². The van der Waals surface area contributed by atoms with E-state index in [-0.39, 0.29) is 6.10 Å². The lowest BCUT2D eigenvalue weighted by Crippen LogP contribution is -2.40. The molecule has 3 heteroatoms. The Kier molecular flexibility index (Phi) is 4.25. The van der Waals surface area contributed by atoms with E-state index < -0.39 is 5.60 Å². The summed E-state index contributed by atoms with van der Waals surface area (Å²) in [5, 5.41) is 10.7. The molecule has 0 amide bonds. The second-order valence-corrected chi connectivity index (χ2v) is 5.21. The molecular formula is C15H22O3. The normalized spacial score (nSPS) is 28.1. The van der Waals surface area contributed by atoms with Gasteiger partial charge in [0.2, 0.25) is 0 Å². The highest BCUT2D eigenvalue weighted by molar-refractivity contribution is 5.29. The van der Waals surface area contributed by atoms with Gasteiger partial charge in [0.15, 0.2) is 0 Å². The Hall–Kier alpha value is -1.06. The summed E-state index contributed by atoms with van der Waals surface area (Å²) in [6.07, 6.45) is 4.51. The Morgan fingerprint density at radius 3 is 2.94 bits per heavy atom. The van der Waals surface area contributed by atoms with Crippen LogP contribution in [0.4, 0.5) is 0 Å². The van der Waals surface area contributed by atoms with Gasteiger partial charge in [-0.05, 0) is 37.0 Å². The standard InChI is InChI=1S/C15H22O3/c1-17-13-6-3-5-12(9-13)10-15(16)8-4-7-14(11-15)18-2/h3,5-6,9,14,16H,4,7-8,10-11H2,1-2H3. The summed E-state index contributed by atoms with van der Waals surface area (Å²) in [5.74, 6) is 0.843. The van der Waals surface area contributed by atoms with E-state index in [4.69, 9.17) is 9.47 Å². The number of hydrogen-bond donors (Lipinski definition) is 1. The van der Waals surface area contributed by atoms with Crippen LogP contribution in [0.3, 0.4) is 0 Å². The van der Waals surface area contributed by atoms with Gasteiger partial charge in [-0.15, -0.1) is 0 Å². The van der Waals surface area contributed by atoms with Crippen molar-refractivity contribution >= 4 is 0 Å². The molecule has 1 aliphatic rings. The second-order valence-electron chi connectivity index (χ2n) is 5.21. The molecule has 1 saturated carbocycles. The van der Waals surface area contributed by atoms with Crippen molar-refractivity contribution < 1.29 is 14.6 Å². The number of aliphatic hydroxyl groups is 1. The minimum absolute atomic E-state index is 0.189. The van der Waals surface area contributed by atoms with Crippen LogP contribution in [0.1, 0.15) is 31.2 Å². The molecule has 18 heavy (non-hydrogen) atoms. The molecule has 2 unspecified atom stereocenters. The summed E-state index contributed by atoms with van der Waals surface area (Å²) >= 11 is 0. The van der Waals surface area contributed by atoms with Crippen LogP contribution in [-0.2, 0) is 11.2 Å². The van der Waals surface area contributed by atoms with Crippen molar-refractivity contribution in [1.29, 1.82) is 0 Å². The van der Waals surface area contributed by atoms with E-state index in [0.29, 0.717) is 6.42 Å². The first kappa shape index (κ1) is 13.4. The van der Waals surface area contributed by atoms with Crippen molar-refractivity contribution in [3.05, 3.63) is 29.8 Å². The Morgan fingerprint density at radius 2 is 2.22 bits per heavy atom. The molecule has 1 fully saturated rings. The van der Waals surface area contributed by atoms with Gasteiger partial charge in [-0.3, -0.25) is 0 Å². The van der Waals surface area contributed by atoms with Crippen LogP contribution < -0.4 is 4.74 Å². The van der Waals surface area contributed by atoms with Crippen LogP contribution in [0.25, 0.3) is 0 Å². The summed E-state index contributed by atoms with van der Waals surface area (Å²) in [5.41, 5.74) is 0.485. The summed E-state index contributed by atoms with van der Waals surface area (Å²) in [4.78, 5) is 0. The van der Waals surface area contributed by atoms with Gasteiger partial charge in [0.1, 0.15) is 5.75 Å². The molecule has 1 aliphatic carbocycles. The van der Waals surface area contributed by atoms with Crippen molar-refractivity contribution in [2.45, 2.75) is 43.8 Å². The Morgan fingerprint density at radius 1 is 1.39 bits per heavy atom. The molecule has 100 valence electrons. The fourth-order valence-electron chi connectivity index (χ4n) is 2.81. The minimum atomic E-state index is -0.634. The van der Waals surface area contributed by atoms with Gasteiger partial charge >= 0.3 is 0 Å². The van der Waals surface area contributed by atoms with Crippen molar-refractivity contribution in [3.8, 4) is 5.75 Å². The van der Waals surface area contributed by atoms with Gasteiger partial charge in [-0.2, -0.15) is 0 Å². The third-order valence-electron chi connectivity index (χ3n) is 3.78. The van der Waals surface area contributed by atoms with Crippen LogP contribution in [-0.4, -0.2) is 31.0 Å². The molecule has 1 aromatic carbocycles. The number of rotatable bonds is 4. The van der Waals surface area contributed by atoms with Gasteiger partial charge in [-0.25, -0.2) is 0 Å². The predicted octanol–water partition coefficient (Wildman–Crippen LogP) is 2.56. The molecule has 0 bridgehead atoms. The molecule has 0 spiro atoms. The molecule has 3 nitrogen and oxygen atoms in total. The highest BCUT2D eigenvalue weighted by atomic mass is 16.5. The Bertz CT molecular complexity index is 391. The quantitative estimate of drug-likeness (QED) is 0.892. The van der Waals surface area contributed by atoms with Crippen LogP contribution in [0.5, 0.6) is 5.75 Å². The smallest absolute Gasteiger partial charge is 0.119 e. The average Bonchev–Trinajstić information content (AvgIpc) is 2.38. The lowest BCUT2D eigenvalue weighted by Gasteiger charge is -2.36. The lowest BCUT2D eigenvalue weighted by molar-refractivity contribution is -0.0581. The maximum absolute atomic E-state index is 10.7. The molecule has 1 aromatic rings. The van der Waals surface area contributed by atoms with Gasteiger partial charge in [0, 0.05) is 20.0 Å². The van der Waals surface area contributed by atoms with E-state index in [1.165, 1.54) is 0 Å². The van der Waals surface area contributed by atoms with Gasteiger partial charge in [0.05, 0.1) is 18.8 Å². The van der Waals surface area contributed by atoms with Gasteiger partial charge < -0.3 is 14.6 Å². The molecule has 2 rings (SSSR count). The molecular weight excluding hydrogens is 228 g/mol. The highest BCUT2D eigenvalue weighted by Gasteiger charge is 2.34. The molecule has 1 N–H and O–H groups in total. The van der Waals surface area contributed by atoms with E-state index in [2.05, 4.69) is 0 Å². The maximum atomic E-state index is 10.7. The van der Waals surface area contributed by atoms with E-state index in [0.717, 1.165) is 37.0 Å². The summed E-state index contributed by atoms with van der Waals surface area (Å²) < 4.78 is 10.6. The number of hydrogen-bond acceptors (Lipinski definition) is 3. The van der Waals surface area contributed by atoms with E-state index in [1.54, 1.807) is 14.2 Å². The molecule has 0 aromatic heterocycles. The van der Waals surface area contributed by atoms with Crippen molar-refractivity contribution in [3.63, 3.8) is 0 Å². The van der Waals surface area contributed by atoms with E-state index in [1.807, 2.05) is 24.3 Å². The fraction of sp³-hybridized carbons (Fsp3) is 0.600. The molecule has 0 saturated heterocycles. The zero-order valence-electron chi connectivity index (χ0n) is 11.2. The van der Waals surface area contributed by atoms with Crippen LogP contribution in [0.15, 0.2) is 24.3 Å². The monoisotopic (exact) mass is 250 g/mol. The van der Waals surface area contributed by atoms with Crippen molar-refractivity contribution in [2.24, 2.45) is 0 Å². The Labute approximate surface area is 109 Å². The van der Waals surface area contributed by atoms with Crippen LogP contribution in [0, 0.1) is 0 Å². The first-order chi connectivity index (χ1) is 8.65. The molecule has 0 aliphatic heterocycles. The number of benzene rings is 1. The summed E-state index contributed by atoms with van der Waals surface area (Å²) in [6.45, 7) is 0. The second kappa shape index (κ2) is 5.72. The maximum Gasteiger partial charge on any atom is 0.119 e. The van der Waals surface area contributed by atoms with E-state index in [9.17, 15) is 5.11 Å². The first-order valence-electron chi connectivity index (χ1n) is 6.53. The largest absolute Gasteiger partial charge is 0.497 e. The van der Waals surface area contributed by atoms with Crippen LogP contribution in [0.2, 0.25) is 0 Å². The third-order valence-corrected chi connectivity index (χ3v) is 3.78.